The predicted molar refractivity (Wildman–Crippen MR) is 43.6 cm³/mol. The molecule has 2 bridgehead atoms. The summed E-state index contributed by atoms with van der Waals surface area (Å²) in [5.74, 6) is 0. The Labute approximate surface area is 67.5 Å². The largest absolute Gasteiger partial charge is 0.366 e. The maximum absolute atomic E-state index is 5.93. The Hall–Kier alpha value is -0.120. The van der Waals surface area contributed by atoms with Gasteiger partial charge in [0.1, 0.15) is 0 Å². The highest BCUT2D eigenvalue weighted by Gasteiger charge is 2.38. The summed E-state index contributed by atoms with van der Waals surface area (Å²) in [6.07, 6.45) is 1.50. The molecule has 0 aliphatic carbocycles. The van der Waals surface area contributed by atoms with Crippen molar-refractivity contribution in [2.24, 2.45) is 0 Å². The number of ether oxygens (including phenoxy) is 1. The van der Waals surface area contributed by atoms with Crippen LogP contribution in [0, 0.1) is 0 Å². The van der Waals surface area contributed by atoms with E-state index in [9.17, 15) is 0 Å². The van der Waals surface area contributed by atoms with Crippen LogP contribution in [0.3, 0.4) is 0 Å². The summed E-state index contributed by atoms with van der Waals surface area (Å²) in [6, 6.07) is 0. The zero-order valence-corrected chi connectivity index (χ0v) is 7.02. The number of morpholine rings is 2. The third kappa shape index (κ3) is 1.28. The molecule has 0 atom stereocenters. The molecular formula is C8H16N2O. The van der Waals surface area contributed by atoms with E-state index in [1.54, 1.807) is 0 Å². The lowest BCUT2D eigenvalue weighted by atomic mass is 9.95. The number of hydrogen-bond donors (Lipinski definition) is 2. The van der Waals surface area contributed by atoms with Crippen LogP contribution >= 0.6 is 0 Å². The van der Waals surface area contributed by atoms with Crippen molar-refractivity contribution in [3.8, 4) is 0 Å². The molecule has 3 heteroatoms. The second-order valence-electron chi connectivity index (χ2n) is 3.54. The maximum atomic E-state index is 5.93. The van der Waals surface area contributed by atoms with Crippen molar-refractivity contribution in [3.05, 3.63) is 0 Å². The summed E-state index contributed by atoms with van der Waals surface area (Å²) in [5, 5.41) is 6.83. The molecule has 3 nitrogen and oxygen atoms in total. The molecular weight excluding hydrogens is 140 g/mol. The van der Waals surface area contributed by atoms with Crippen LogP contribution in [0.15, 0.2) is 0 Å². The summed E-state index contributed by atoms with van der Waals surface area (Å²) in [4.78, 5) is 0. The molecule has 0 radical (unpaired) electrons. The molecule has 2 saturated heterocycles. The average molecular weight is 156 g/mol. The van der Waals surface area contributed by atoms with Crippen LogP contribution in [0.1, 0.15) is 13.3 Å². The maximum Gasteiger partial charge on any atom is 0.0932 e. The molecule has 2 fully saturated rings. The summed E-state index contributed by atoms with van der Waals surface area (Å²) < 4.78 is 5.93. The summed E-state index contributed by atoms with van der Waals surface area (Å²) in [6.45, 7) is 6.22. The van der Waals surface area contributed by atoms with Crippen molar-refractivity contribution in [1.29, 1.82) is 0 Å². The van der Waals surface area contributed by atoms with Gasteiger partial charge in [0.25, 0.3) is 0 Å². The summed E-state index contributed by atoms with van der Waals surface area (Å²) in [7, 11) is 0. The van der Waals surface area contributed by atoms with Gasteiger partial charge in [0, 0.05) is 26.2 Å². The predicted octanol–water partition coefficient (Wildman–Crippen LogP) is -0.273. The van der Waals surface area contributed by atoms with E-state index >= 15 is 0 Å². The molecule has 2 N–H and O–H groups in total. The van der Waals surface area contributed by atoms with E-state index in [4.69, 9.17) is 4.74 Å². The van der Waals surface area contributed by atoms with Gasteiger partial charge in [0.2, 0.25) is 0 Å². The number of fused-ring (bicyclic) bond motifs is 2. The quantitative estimate of drug-likeness (QED) is 0.548. The fraction of sp³-hybridized carbons (Fsp3) is 1.00. The van der Waals surface area contributed by atoms with Crippen LogP contribution in [0.2, 0.25) is 0 Å². The average Bonchev–Trinajstić information content (AvgIpc) is 2.05. The van der Waals surface area contributed by atoms with Crippen molar-refractivity contribution < 1.29 is 4.74 Å². The van der Waals surface area contributed by atoms with Crippen molar-refractivity contribution in [2.45, 2.75) is 25.0 Å². The Kier molecular flexibility index (Phi) is 1.87. The van der Waals surface area contributed by atoms with E-state index in [-0.39, 0.29) is 5.60 Å². The van der Waals surface area contributed by atoms with Gasteiger partial charge in [-0.05, 0) is 6.42 Å². The Bertz CT molecular complexity index is 139. The molecule has 2 heterocycles. The van der Waals surface area contributed by atoms with Crippen molar-refractivity contribution >= 4 is 0 Å². The highest BCUT2D eigenvalue weighted by molar-refractivity contribution is 4.94. The normalized spacial score (nSPS) is 43.9. The minimum atomic E-state index is 0.0984. The molecule has 11 heavy (non-hydrogen) atoms. The van der Waals surface area contributed by atoms with Crippen LogP contribution in [0.5, 0.6) is 0 Å². The fourth-order valence-corrected chi connectivity index (χ4v) is 1.91. The van der Waals surface area contributed by atoms with Gasteiger partial charge in [-0.1, -0.05) is 6.92 Å². The second kappa shape index (κ2) is 2.73. The smallest absolute Gasteiger partial charge is 0.0932 e. The van der Waals surface area contributed by atoms with Crippen molar-refractivity contribution in [3.63, 3.8) is 0 Å². The van der Waals surface area contributed by atoms with E-state index in [0.717, 1.165) is 32.6 Å². The SMILES string of the molecule is CCC12CNCC(CNC1)O2. The van der Waals surface area contributed by atoms with Gasteiger partial charge in [-0.2, -0.15) is 0 Å². The highest BCUT2D eigenvalue weighted by Crippen LogP contribution is 2.22. The molecule has 2 aliphatic heterocycles. The summed E-state index contributed by atoms with van der Waals surface area (Å²) in [5.41, 5.74) is 0.0984. The molecule has 2 rings (SSSR count). The first-order valence-electron chi connectivity index (χ1n) is 4.44. The molecule has 0 aromatic rings. The molecule has 2 aliphatic rings. The van der Waals surface area contributed by atoms with E-state index in [0.29, 0.717) is 6.10 Å². The molecule has 0 spiro atoms. The van der Waals surface area contributed by atoms with Gasteiger partial charge in [0.15, 0.2) is 0 Å². The van der Waals surface area contributed by atoms with Crippen LogP contribution in [0.25, 0.3) is 0 Å². The third-order valence-electron chi connectivity index (χ3n) is 2.70. The fourth-order valence-electron chi connectivity index (χ4n) is 1.91. The zero-order chi connectivity index (χ0) is 7.73. The van der Waals surface area contributed by atoms with Gasteiger partial charge in [0.05, 0.1) is 11.7 Å². The van der Waals surface area contributed by atoms with Gasteiger partial charge in [-0.3, -0.25) is 0 Å². The van der Waals surface area contributed by atoms with Gasteiger partial charge in [-0.25, -0.2) is 0 Å². The third-order valence-corrected chi connectivity index (χ3v) is 2.70. The van der Waals surface area contributed by atoms with Crippen LogP contribution < -0.4 is 10.6 Å². The minimum absolute atomic E-state index is 0.0984. The second-order valence-corrected chi connectivity index (χ2v) is 3.54. The number of rotatable bonds is 1. The van der Waals surface area contributed by atoms with Gasteiger partial charge >= 0.3 is 0 Å². The first-order chi connectivity index (χ1) is 5.35. The lowest BCUT2D eigenvalue weighted by Gasteiger charge is -2.45. The molecule has 0 aromatic carbocycles. The number of nitrogens with one attached hydrogen (secondary N) is 2. The Morgan fingerprint density at radius 2 is 2.00 bits per heavy atom. The molecule has 0 unspecified atom stereocenters. The lowest BCUT2D eigenvalue weighted by Crippen LogP contribution is -2.64. The minimum Gasteiger partial charge on any atom is -0.366 e. The lowest BCUT2D eigenvalue weighted by molar-refractivity contribution is -0.137. The molecule has 0 aromatic heterocycles. The van der Waals surface area contributed by atoms with Crippen molar-refractivity contribution in [2.75, 3.05) is 26.2 Å². The van der Waals surface area contributed by atoms with Crippen LogP contribution in [-0.4, -0.2) is 37.9 Å². The monoisotopic (exact) mass is 156 g/mol. The highest BCUT2D eigenvalue weighted by atomic mass is 16.5. The van der Waals surface area contributed by atoms with Crippen LogP contribution in [0.4, 0.5) is 0 Å². The summed E-state index contributed by atoms with van der Waals surface area (Å²) >= 11 is 0. The zero-order valence-electron chi connectivity index (χ0n) is 7.02. The van der Waals surface area contributed by atoms with E-state index in [1.165, 1.54) is 0 Å². The molecule has 0 saturated carbocycles. The van der Waals surface area contributed by atoms with Crippen molar-refractivity contribution in [1.82, 2.24) is 10.6 Å². The first-order valence-corrected chi connectivity index (χ1v) is 4.44. The van der Waals surface area contributed by atoms with Crippen LogP contribution in [-0.2, 0) is 4.74 Å². The van der Waals surface area contributed by atoms with Gasteiger partial charge < -0.3 is 15.4 Å². The Morgan fingerprint density at radius 3 is 2.45 bits per heavy atom. The molecule has 0 amide bonds. The van der Waals surface area contributed by atoms with E-state index < -0.39 is 0 Å². The van der Waals surface area contributed by atoms with Gasteiger partial charge in [-0.15, -0.1) is 0 Å². The molecule has 64 valence electrons. The standard InChI is InChI=1S/C8H16N2O/c1-2-8-5-9-3-7(11-8)4-10-6-8/h7,9-10H,2-6H2,1H3. The topological polar surface area (TPSA) is 33.3 Å². The first kappa shape index (κ1) is 7.53. The Balaban J connectivity index is 2.07. The van der Waals surface area contributed by atoms with E-state index in [2.05, 4.69) is 17.6 Å². The number of hydrogen-bond acceptors (Lipinski definition) is 3. The van der Waals surface area contributed by atoms with E-state index in [1.807, 2.05) is 0 Å². The Morgan fingerprint density at radius 1 is 1.36 bits per heavy atom.